The summed E-state index contributed by atoms with van der Waals surface area (Å²) in [7, 11) is 1.73. The average molecular weight is 553 g/mol. The van der Waals surface area contributed by atoms with E-state index in [2.05, 4.69) is 54.8 Å². The SMILES string of the molecule is CCNC(=NCc1ccc(C)cc1OCC1CCOC1)NCC(OC)c1ccccc1.I. The Balaban J connectivity index is 0.00000363. The Morgan fingerprint density at radius 2 is 2.00 bits per heavy atom. The van der Waals surface area contributed by atoms with Crippen LogP contribution in [-0.4, -0.2) is 46.0 Å². The van der Waals surface area contributed by atoms with Crippen LogP contribution in [0, 0.1) is 12.8 Å². The number of guanidine groups is 1. The maximum absolute atomic E-state index is 6.16. The van der Waals surface area contributed by atoms with Crippen molar-refractivity contribution in [3.8, 4) is 5.75 Å². The van der Waals surface area contributed by atoms with Gasteiger partial charge in [0.25, 0.3) is 0 Å². The minimum absolute atomic E-state index is 0. The molecular weight excluding hydrogens is 517 g/mol. The molecule has 0 saturated carbocycles. The summed E-state index contributed by atoms with van der Waals surface area (Å²) in [5, 5.41) is 6.72. The van der Waals surface area contributed by atoms with Crippen molar-refractivity contribution in [3.05, 3.63) is 65.2 Å². The van der Waals surface area contributed by atoms with E-state index in [0.717, 1.165) is 49.0 Å². The number of rotatable bonds is 10. The summed E-state index contributed by atoms with van der Waals surface area (Å²) in [6.45, 7) is 8.40. The van der Waals surface area contributed by atoms with Gasteiger partial charge in [0.1, 0.15) is 5.75 Å². The molecule has 1 fully saturated rings. The molecule has 176 valence electrons. The Kier molecular flexibility index (Phi) is 11.8. The molecule has 0 bridgehead atoms. The summed E-state index contributed by atoms with van der Waals surface area (Å²) in [6.07, 6.45) is 1.02. The summed E-state index contributed by atoms with van der Waals surface area (Å²) in [4.78, 5) is 4.79. The van der Waals surface area contributed by atoms with E-state index in [1.165, 1.54) is 5.56 Å². The molecule has 1 heterocycles. The van der Waals surface area contributed by atoms with E-state index in [9.17, 15) is 0 Å². The molecule has 1 aliphatic heterocycles. The summed E-state index contributed by atoms with van der Waals surface area (Å²) < 4.78 is 17.3. The number of halogens is 1. The van der Waals surface area contributed by atoms with Gasteiger partial charge in [0.15, 0.2) is 5.96 Å². The van der Waals surface area contributed by atoms with E-state index in [1.807, 2.05) is 18.2 Å². The highest BCUT2D eigenvalue weighted by Gasteiger charge is 2.17. The lowest BCUT2D eigenvalue weighted by Crippen LogP contribution is -2.39. The Morgan fingerprint density at radius 1 is 1.19 bits per heavy atom. The van der Waals surface area contributed by atoms with Crippen molar-refractivity contribution in [2.75, 3.05) is 40.0 Å². The van der Waals surface area contributed by atoms with E-state index >= 15 is 0 Å². The maximum Gasteiger partial charge on any atom is 0.191 e. The van der Waals surface area contributed by atoms with Crippen molar-refractivity contribution in [2.45, 2.75) is 32.9 Å². The fourth-order valence-electron chi connectivity index (χ4n) is 3.55. The molecule has 7 heteroatoms. The smallest absolute Gasteiger partial charge is 0.191 e. The van der Waals surface area contributed by atoms with E-state index in [0.29, 0.717) is 25.6 Å². The first-order valence-corrected chi connectivity index (χ1v) is 11.1. The quantitative estimate of drug-likeness (QED) is 0.258. The van der Waals surface area contributed by atoms with Crippen LogP contribution >= 0.6 is 24.0 Å². The first-order valence-electron chi connectivity index (χ1n) is 11.1. The zero-order chi connectivity index (χ0) is 21.9. The van der Waals surface area contributed by atoms with Crippen molar-refractivity contribution in [3.63, 3.8) is 0 Å². The lowest BCUT2D eigenvalue weighted by Gasteiger charge is -2.19. The first-order chi connectivity index (χ1) is 15.2. The number of hydrogen-bond donors (Lipinski definition) is 2. The third-order valence-electron chi connectivity index (χ3n) is 5.38. The van der Waals surface area contributed by atoms with Gasteiger partial charge in [-0.3, -0.25) is 0 Å². The number of hydrogen-bond acceptors (Lipinski definition) is 4. The van der Waals surface area contributed by atoms with Crippen LogP contribution < -0.4 is 15.4 Å². The molecule has 2 N–H and O–H groups in total. The minimum atomic E-state index is -0.0445. The lowest BCUT2D eigenvalue weighted by molar-refractivity contribution is 0.106. The van der Waals surface area contributed by atoms with Crippen LogP contribution in [0.3, 0.4) is 0 Å². The lowest BCUT2D eigenvalue weighted by atomic mass is 10.1. The first kappa shape index (κ1) is 26.4. The molecule has 0 radical (unpaired) electrons. The molecule has 3 rings (SSSR count). The number of aryl methyl sites for hydroxylation is 1. The summed E-state index contributed by atoms with van der Waals surface area (Å²) >= 11 is 0. The van der Waals surface area contributed by atoms with Crippen molar-refractivity contribution in [2.24, 2.45) is 10.9 Å². The molecule has 1 saturated heterocycles. The van der Waals surface area contributed by atoms with Crippen LogP contribution in [0.25, 0.3) is 0 Å². The van der Waals surface area contributed by atoms with Crippen LogP contribution in [0.5, 0.6) is 5.75 Å². The topological polar surface area (TPSA) is 64.1 Å². The van der Waals surface area contributed by atoms with Crippen molar-refractivity contribution in [1.82, 2.24) is 10.6 Å². The Morgan fingerprint density at radius 3 is 2.69 bits per heavy atom. The van der Waals surface area contributed by atoms with Crippen LogP contribution in [0.4, 0.5) is 0 Å². The zero-order valence-corrected chi connectivity index (χ0v) is 21.6. The van der Waals surface area contributed by atoms with Gasteiger partial charge in [-0.25, -0.2) is 4.99 Å². The van der Waals surface area contributed by atoms with E-state index in [-0.39, 0.29) is 30.1 Å². The van der Waals surface area contributed by atoms with Crippen LogP contribution in [-0.2, 0) is 16.0 Å². The molecule has 2 aromatic carbocycles. The number of nitrogens with zero attached hydrogens (tertiary/aromatic N) is 1. The van der Waals surface area contributed by atoms with Crippen LogP contribution in [0.1, 0.15) is 36.1 Å². The monoisotopic (exact) mass is 553 g/mol. The predicted octanol–water partition coefficient (Wildman–Crippen LogP) is 4.47. The highest BCUT2D eigenvalue weighted by atomic mass is 127. The molecule has 6 nitrogen and oxygen atoms in total. The largest absolute Gasteiger partial charge is 0.493 e. The zero-order valence-electron chi connectivity index (χ0n) is 19.3. The second kappa shape index (κ2) is 14.3. The fraction of sp³-hybridized carbons (Fsp3) is 0.480. The van der Waals surface area contributed by atoms with Crippen molar-refractivity contribution >= 4 is 29.9 Å². The normalized spacial score (nSPS) is 16.8. The van der Waals surface area contributed by atoms with Crippen LogP contribution in [0.15, 0.2) is 53.5 Å². The van der Waals surface area contributed by atoms with Gasteiger partial charge in [-0.2, -0.15) is 0 Å². The minimum Gasteiger partial charge on any atom is -0.493 e. The van der Waals surface area contributed by atoms with Gasteiger partial charge in [0.2, 0.25) is 0 Å². The molecule has 2 atom stereocenters. The molecular formula is C25H36IN3O3. The average Bonchev–Trinajstić information content (AvgIpc) is 3.31. The highest BCUT2D eigenvalue weighted by Crippen LogP contribution is 2.23. The third-order valence-corrected chi connectivity index (χ3v) is 5.38. The molecule has 0 aromatic heterocycles. The fourth-order valence-corrected chi connectivity index (χ4v) is 3.55. The van der Waals surface area contributed by atoms with Gasteiger partial charge in [-0.1, -0.05) is 42.5 Å². The van der Waals surface area contributed by atoms with Gasteiger partial charge in [-0.05, 0) is 37.5 Å². The van der Waals surface area contributed by atoms with E-state index < -0.39 is 0 Å². The molecule has 2 aromatic rings. The second-order valence-corrected chi connectivity index (χ2v) is 7.86. The Labute approximate surface area is 209 Å². The summed E-state index contributed by atoms with van der Waals surface area (Å²) in [5.41, 5.74) is 3.40. The number of aliphatic imine (C=N–C) groups is 1. The maximum atomic E-state index is 6.16. The number of ether oxygens (including phenoxy) is 3. The molecule has 0 aliphatic carbocycles. The standard InChI is InChI=1S/C25H35N3O3.HI/c1-4-26-25(28-16-24(29-3)21-8-6-5-7-9-21)27-15-22-11-10-19(2)14-23(22)31-18-20-12-13-30-17-20;/h5-11,14,20,24H,4,12-13,15-18H2,1-3H3,(H2,26,27,28);1H. The molecule has 0 spiro atoms. The molecule has 32 heavy (non-hydrogen) atoms. The number of methoxy groups -OCH3 is 1. The molecule has 2 unspecified atom stereocenters. The molecule has 1 aliphatic rings. The van der Waals surface area contributed by atoms with E-state index in [4.69, 9.17) is 19.2 Å². The Hall–Kier alpha value is -1.84. The highest BCUT2D eigenvalue weighted by molar-refractivity contribution is 14.0. The van der Waals surface area contributed by atoms with Gasteiger partial charge in [-0.15, -0.1) is 24.0 Å². The number of benzene rings is 2. The van der Waals surface area contributed by atoms with Gasteiger partial charge < -0.3 is 24.8 Å². The van der Waals surface area contributed by atoms with Crippen LogP contribution in [0.2, 0.25) is 0 Å². The van der Waals surface area contributed by atoms with Crippen molar-refractivity contribution < 1.29 is 14.2 Å². The Bertz CT molecular complexity index is 826. The number of nitrogens with one attached hydrogen (secondary N) is 2. The predicted molar refractivity (Wildman–Crippen MR) is 140 cm³/mol. The third kappa shape index (κ3) is 8.26. The molecule has 0 amide bonds. The van der Waals surface area contributed by atoms with Gasteiger partial charge >= 0.3 is 0 Å². The van der Waals surface area contributed by atoms with Crippen molar-refractivity contribution in [1.29, 1.82) is 0 Å². The second-order valence-electron chi connectivity index (χ2n) is 7.86. The summed E-state index contributed by atoms with van der Waals surface area (Å²) in [5.74, 6) is 2.14. The van der Waals surface area contributed by atoms with Gasteiger partial charge in [0, 0.05) is 38.3 Å². The summed E-state index contributed by atoms with van der Waals surface area (Å²) in [6, 6.07) is 16.5. The van der Waals surface area contributed by atoms with E-state index in [1.54, 1.807) is 7.11 Å². The van der Waals surface area contributed by atoms with Gasteiger partial charge in [0.05, 0.1) is 25.9 Å².